The van der Waals surface area contributed by atoms with Crippen molar-refractivity contribution >= 4 is 13.4 Å². The molecule has 0 aromatic carbocycles. The lowest BCUT2D eigenvalue weighted by molar-refractivity contribution is -0.115. The van der Waals surface area contributed by atoms with E-state index in [2.05, 4.69) is 0 Å². The van der Waals surface area contributed by atoms with Crippen LogP contribution in [0.1, 0.15) is 20.6 Å². The smallest absolute Gasteiger partial charge is 0.312 e. The fraction of sp³-hybridized carbons (Fsp3) is 0.667. The summed E-state index contributed by atoms with van der Waals surface area (Å²) in [5.41, 5.74) is 0.540. The maximum Gasteiger partial charge on any atom is 0.334 e. The van der Waals surface area contributed by atoms with Crippen molar-refractivity contribution in [1.82, 2.24) is 0 Å². The monoisotopic (exact) mass is 219 g/mol. The van der Waals surface area contributed by atoms with Crippen LogP contribution in [-0.4, -0.2) is 26.1 Å². The summed E-state index contributed by atoms with van der Waals surface area (Å²) in [7, 11) is -0.927. The Hall–Kier alpha value is -0.440. The van der Waals surface area contributed by atoms with Crippen molar-refractivity contribution in [3.8, 4) is 0 Å². The van der Waals surface area contributed by atoms with Gasteiger partial charge in [-0.3, -0.25) is 9.36 Å². The predicted molar refractivity (Wildman–Crippen MR) is 53.4 cm³/mol. The van der Waals surface area contributed by atoms with Gasteiger partial charge in [0.2, 0.25) is 0 Å². The second-order valence-corrected chi connectivity index (χ2v) is 5.14. The molecule has 80 valence electrons. The van der Waals surface area contributed by atoms with Crippen LogP contribution in [0, 0.1) is 0 Å². The summed E-state index contributed by atoms with van der Waals surface area (Å²) in [6.07, 6.45) is 2.12. The number of rotatable bonds is 4. The summed E-state index contributed by atoms with van der Waals surface area (Å²) in [5.74, 6) is -0.0211. The van der Waals surface area contributed by atoms with Crippen LogP contribution in [0.15, 0.2) is 11.6 Å². The van der Waals surface area contributed by atoms with E-state index in [4.69, 9.17) is 10.4 Å². The fourth-order valence-electron chi connectivity index (χ4n) is 1.30. The van der Waals surface area contributed by atoms with Crippen LogP contribution in [0.4, 0.5) is 0 Å². The first-order valence-electron chi connectivity index (χ1n) is 4.98. The molecule has 0 saturated heterocycles. The topological polar surface area (TPSA) is 52.6 Å². The minimum Gasteiger partial charge on any atom is -0.312 e. The molecular weight excluding hydrogens is 203 g/mol. The van der Waals surface area contributed by atoms with Gasteiger partial charge in [0.1, 0.15) is 0 Å². The molecule has 0 saturated carbocycles. The highest BCUT2D eigenvalue weighted by Crippen LogP contribution is 2.48. The molecule has 0 bridgehead atoms. The summed E-state index contributed by atoms with van der Waals surface area (Å²) in [5, 5.41) is 0. The van der Waals surface area contributed by atoms with Crippen molar-refractivity contribution in [2.24, 2.45) is 0 Å². The Morgan fingerprint density at radius 1 is 1.50 bits per heavy atom. The summed E-state index contributed by atoms with van der Waals surface area (Å²) in [6, 6.07) is 0. The van der Waals surface area contributed by atoms with Gasteiger partial charge in [-0.15, -0.1) is 0 Å². The number of carbonyl (C=O) groups excluding carboxylic acids is 1. The molecule has 1 atom stereocenters. The minimum atomic E-state index is -3.42. The molecule has 0 N–H and O–H groups in total. The van der Waals surface area contributed by atoms with Gasteiger partial charge in [-0.1, -0.05) is 5.57 Å². The van der Waals surface area contributed by atoms with Gasteiger partial charge in [-0.05, 0) is 18.9 Å². The largest absolute Gasteiger partial charge is 0.334 e. The van der Waals surface area contributed by atoms with Gasteiger partial charge in [-0.25, -0.2) is 0 Å². The minimum absolute atomic E-state index is 0.0211. The Balaban J connectivity index is 2.88. The highest BCUT2D eigenvalue weighted by molar-refractivity contribution is 7.54. The first-order valence-corrected chi connectivity index (χ1v) is 6.01. The van der Waals surface area contributed by atoms with Gasteiger partial charge in [-0.2, -0.15) is 0 Å². The van der Waals surface area contributed by atoms with Gasteiger partial charge < -0.3 is 9.05 Å². The van der Waals surface area contributed by atoms with Crippen LogP contribution in [0.3, 0.4) is 0 Å². The summed E-state index contributed by atoms with van der Waals surface area (Å²) < 4.78 is 29.1. The van der Waals surface area contributed by atoms with Crippen LogP contribution >= 0.6 is 7.60 Å². The average Bonchev–Trinajstić information content (AvgIpc) is 2.27. The SMILES string of the molecule is [2H]C(C1=CC(=O)CCC1)P(=O)(OC)OC. The normalized spacial score (nSPS) is 21.4. The van der Waals surface area contributed by atoms with Crippen LogP contribution in [0.25, 0.3) is 0 Å². The first-order chi connectivity index (χ1) is 7.03. The third kappa shape index (κ3) is 3.05. The van der Waals surface area contributed by atoms with Crippen LogP contribution in [0.2, 0.25) is 0 Å². The van der Waals surface area contributed by atoms with Crippen molar-refractivity contribution in [3.63, 3.8) is 0 Å². The molecule has 0 spiro atoms. The van der Waals surface area contributed by atoms with Gasteiger partial charge >= 0.3 is 7.60 Å². The molecule has 0 aliphatic heterocycles. The quantitative estimate of drug-likeness (QED) is 0.680. The van der Waals surface area contributed by atoms with E-state index in [1.807, 2.05) is 0 Å². The van der Waals surface area contributed by atoms with E-state index in [0.29, 0.717) is 24.8 Å². The van der Waals surface area contributed by atoms with Crippen LogP contribution in [-0.2, 0) is 18.4 Å². The maximum atomic E-state index is 11.9. The Morgan fingerprint density at radius 2 is 2.14 bits per heavy atom. The molecule has 0 amide bonds. The van der Waals surface area contributed by atoms with E-state index in [1.165, 1.54) is 20.3 Å². The van der Waals surface area contributed by atoms with Gasteiger partial charge in [0.05, 0.1) is 6.14 Å². The van der Waals surface area contributed by atoms with E-state index >= 15 is 0 Å². The zero-order chi connectivity index (χ0) is 11.5. The zero-order valence-electron chi connectivity index (χ0n) is 9.36. The van der Waals surface area contributed by atoms with Gasteiger partial charge in [0, 0.05) is 22.0 Å². The molecule has 0 heterocycles. The molecule has 1 unspecified atom stereocenters. The number of hydrogen-bond acceptors (Lipinski definition) is 4. The Morgan fingerprint density at radius 3 is 2.64 bits per heavy atom. The molecule has 4 nitrogen and oxygen atoms in total. The number of ketones is 1. The Bertz CT molecular complexity index is 318. The molecule has 0 radical (unpaired) electrons. The lowest BCUT2D eigenvalue weighted by atomic mass is 10.0. The summed E-state index contributed by atoms with van der Waals surface area (Å²) in [4.78, 5) is 11.2. The molecule has 1 aliphatic rings. The van der Waals surface area contributed by atoms with Crippen LogP contribution in [0.5, 0.6) is 0 Å². The Labute approximate surface area is 85.2 Å². The average molecular weight is 219 g/mol. The molecule has 0 aromatic rings. The second-order valence-electron chi connectivity index (χ2n) is 3.07. The van der Waals surface area contributed by atoms with Gasteiger partial charge in [0.25, 0.3) is 0 Å². The van der Waals surface area contributed by atoms with E-state index in [0.717, 1.165) is 0 Å². The van der Waals surface area contributed by atoms with Crippen molar-refractivity contribution in [1.29, 1.82) is 0 Å². The summed E-state index contributed by atoms with van der Waals surface area (Å²) >= 11 is 0. The molecule has 1 rings (SSSR count). The fourth-order valence-corrected chi connectivity index (χ4v) is 2.27. The van der Waals surface area contributed by atoms with E-state index in [1.54, 1.807) is 0 Å². The lowest BCUT2D eigenvalue weighted by Gasteiger charge is -2.17. The van der Waals surface area contributed by atoms with E-state index in [-0.39, 0.29) is 5.78 Å². The molecular formula is C9H15O4P. The van der Waals surface area contributed by atoms with Crippen molar-refractivity contribution < 1.29 is 19.8 Å². The number of carbonyl (C=O) groups is 1. The molecule has 14 heavy (non-hydrogen) atoms. The van der Waals surface area contributed by atoms with Crippen molar-refractivity contribution in [2.75, 3.05) is 20.4 Å². The maximum absolute atomic E-state index is 11.9. The lowest BCUT2D eigenvalue weighted by Crippen LogP contribution is -2.07. The number of allylic oxidation sites excluding steroid dienone is 2. The van der Waals surface area contributed by atoms with Crippen molar-refractivity contribution in [3.05, 3.63) is 11.6 Å². The standard InChI is InChI=1S/C9H15O4P/c1-12-14(11,13-2)7-8-4-3-5-9(10)6-8/h6H,3-5,7H2,1-2H3/i7D. The highest BCUT2D eigenvalue weighted by Gasteiger charge is 2.24. The number of hydrogen-bond donors (Lipinski definition) is 0. The predicted octanol–water partition coefficient (Wildman–Crippen LogP) is 2.15. The molecule has 5 heteroatoms. The highest BCUT2D eigenvalue weighted by atomic mass is 31.2. The van der Waals surface area contributed by atoms with Crippen molar-refractivity contribution in [2.45, 2.75) is 19.3 Å². The van der Waals surface area contributed by atoms with E-state index < -0.39 is 13.7 Å². The van der Waals surface area contributed by atoms with E-state index in [9.17, 15) is 9.36 Å². The molecule has 1 aliphatic carbocycles. The third-order valence-corrected chi connectivity index (χ3v) is 3.73. The first kappa shape index (κ1) is 10.1. The molecule has 0 aromatic heterocycles. The summed E-state index contributed by atoms with van der Waals surface area (Å²) in [6.45, 7) is 0. The Kier molecular flexibility index (Phi) is 3.51. The zero-order valence-corrected chi connectivity index (χ0v) is 9.25. The second kappa shape index (κ2) is 4.87. The molecule has 0 fully saturated rings. The van der Waals surface area contributed by atoms with Gasteiger partial charge in [0.15, 0.2) is 5.78 Å². The van der Waals surface area contributed by atoms with Crippen LogP contribution < -0.4 is 0 Å². The third-order valence-electron chi connectivity index (χ3n) is 2.07.